The first-order chi connectivity index (χ1) is 18.6. The zero-order valence-corrected chi connectivity index (χ0v) is 24.1. The number of benzene rings is 2. The first-order valence-corrected chi connectivity index (χ1v) is 14.0. The first kappa shape index (κ1) is 25.5. The molecule has 7 heteroatoms. The average Bonchev–Trinajstić information content (AvgIpc) is 3.28. The third-order valence-electron chi connectivity index (χ3n) is 8.26. The number of hydrogen-bond donors (Lipinski definition) is 0. The zero-order chi connectivity index (χ0) is 27.6. The second-order valence-corrected chi connectivity index (χ2v) is 12.1. The van der Waals surface area contributed by atoms with Crippen molar-refractivity contribution in [2.24, 2.45) is 15.5 Å². The molecule has 2 aromatic carbocycles. The summed E-state index contributed by atoms with van der Waals surface area (Å²) >= 11 is 0. The van der Waals surface area contributed by atoms with Crippen LogP contribution in [0.3, 0.4) is 0 Å². The SMILES string of the molecule is COc1ccc(C)cc1-c1nc2n(c(=O)c1C)N=C(C(C)(C)C)C2=Nc1cc2c3c(c1C)CCCN3CCC2. The number of rotatable bonds is 3. The van der Waals surface area contributed by atoms with E-state index in [1.54, 1.807) is 7.11 Å². The van der Waals surface area contributed by atoms with Gasteiger partial charge >= 0.3 is 0 Å². The monoisotopic (exact) mass is 523 g/mol. The van der Waals surface area contributed by atoms with Crippen LogP contribution in [0.4, 0.5) is 11.4 Å². The normalized spacial score (nSPS) is 17.3. The number of aryl methyl sites for hydroxylation is 2. The molecule has 3 aromatic rings. The van der Waals surface area contributed by atoms with Gasteiger partial charge in [0.25, 0.3) is 5.56 Å². The maximum atomic E-state index is 13.7. The molecule has 1 aromatic heterocycles. The molecule has 0 fully saturated rings. The molecule has 0 amide bonds. The highest BCUT2D eigenvalue weighted by Gasteiger charge is 2.36. The Bertz CT molecular complexity index is 1640. The summed E-state index contributed by atoms with van der Waals surface area (Å²) in [5.74, 6) is 1.17. The predicted octanol–water partition coefficient (Wildman–Crippen LogP) is 5.93. The third-order valence-corrected chi connectivity index (χ3v) is 8.26. The van der Waals surface area contributed by atoms with Crippen molar-refractivity contribution in [2.45, 2.75) is 67.2 Å². The fraction of sp³-hybridized carbons (Fsp3) is 0.438. The van der Waals surface area contributed by atoms with Crippen molar-refractivity contribution in [1.29, 1.82) is 0 Å². The van der Waals surface area contributed by atoms with Crippen molar-refractivity contribution in [3.8, 4) is 17.0 Å². The molecule has 202 valence electrons. The first-order valence-electron chi connectivity index (χ1n) is 14.0. The van der Waals surface area contributed by atoms with E-state index in [1.165, 1.54) is 39.9 Å². The fourth-order valence-corrected chi connectivity index (χ4v) is 6.21. The molecule has 3 aliphatic heterocycles. The lowest BCUT2D eigenvalue weighted by molar-refractivity contribution is 0.416. The van der Waals surface area contributed by atoms with E-state index in [2.05, 4.69) is 38.7 Å². The highest BCUT2D eigenvalue weighted by molar-refractivity contribution is 6.50. The van der Waals surface area contributed by atoms with Gasteiger partial charge in [0.1, 0.15) is 11.5 Å². The summed E-state index contributed by atoms with van der Waals surface area (Å²) in [7, 11) is 1.64. The van der Waals surface area contributed by atoms with Crippen LogP contribution in [0.2, 0.25) is 0 Å². The number of aromatic nitrogens is 2. The lowest BCUT2D eigenvalue weighted by Crippen LogP contribution is -2.34. The number of fused-ring (bicyclic) bond motifs is 1. The molecule has 0 bridgehead atoms. The quantitative estimate of drug-likeness (QED) is 0.427. The summed E-state index contributed by atoms with van der Waals surface area (Å²) in [6.45, 7) is 14.6. The predicted molar refractivity (Wildman–Crippen MR) is 158 cm³/mol. The molecule has 6 rings (SSSR count). The average molecular weight is 524 g/mol. The maximum Gasteiger partial charge on any atom is 0.278 e. The Morgan fingerprint density at radius 1 is 1.00 bits per heavy atom. The summed E-state index contributed by atoms with van der Waals surface area (Å²) < 4.78 is 7.11. The third kappa shape index (κ3) is 4.10. The van der Waals surface area contributed by atoms with Gasteiger partial charge in [-0.15, -0.1) is 0 Å². The van der Waals surface area contributed by atoms with Gasteiger partial charge in [-0.2, -0.15) is 9.78 Å². The summed E-state index contributed by atoms with van der Waals surface area (Å²) in [5, 5.41) is 4.83. The molecule has 0 atom stereocenters. The van der Waals surface area contributed by atoms with Crippen LogP contribution in [0.1, 0.15) is 67.3 Å². The highest BCUT2D eigenvalue weighted by Crippen LogP contribution is 2.42. The molecule has 0 unspecified atom stereocenters. The standard InChI is InChI=1S/C32H37N5O2/c1-18-12-13-25(39-7)23(16-18)26-20(3)31(38)37-30(34-26)27(29(35-37)32(4,5)6)33-24-17-21-10-8-14-36-15-9-11-22(19(24)2)28(21)36/h12-13,16-17H,8-11,14-15H2,1-7H3. The van der Waals surface area contributed by atoms with Gasteiger partial charge in [-0.1, -0.05) is 32.4 Å². The van der Waals surface area contributed by atoms with Crippen molar-refractivity contribution in [1.82, 2.24) is 9.66 Å². The Balaban J connectivity index is 1.60. The van der Waals surface area contributed by atoms with Gasteiger partial charge in [-0.05, 0) is 81.3 Å². The van der Waals surface area contributed by atoms with Gasteiger partial charge in [0.05, 0.1) is 24.2 Å². The number of methoxy groups -OCH3 is 1. The number of aliphatic imine (C=N–C) groups is 1. The summed E-state index contributed by atoms with van der Waals surface area (Å²) in [4.78, 5) is 26.7. The summed E-state index contributed by atoms with van der Waals surface area (Å²) in [6.07, 6.45) is 4.49. The van der Waals surface area contributed by atoms with Crippen molar-refractivity contribution >= 4 is 22.8 Å². The van der Waals surface area contributed by atoms with Crippen LogP contribution in [0.5, 0.6) is 5.75 Å². The van der Waals surface area contributed by atoms with Crippen molar-refractivity contribution in [3.63, 3.8) is 0 Å². The number of hydrogen-bond acceptors (Lipinski definition) is 6. The largest absolute Gasteiger partial charge is 0.496 e. The molecule has 39 heavy (non-hydrogen) atoms. The minimum absolute atomic E-state index is 0.182. The van der Waals surface area contributed by atoms with Crippen LogP contribution in [0, 0.1) is 26.2 Å². The Labute approximate surface area is 230 Å². The highest BCUT2D eigenvalue weighted by atomic mass is 16.5. The minimum atomic E-state index is -0.332. The van der Waals surface area contributed by atoms with E-state index in [0.29, 0.717) is 28.5 Å². The molecule has 3 aliphatic rings. The molecule has 0 saturated heterocycles. The second-order valence-electron chi connectivity index (χ2n) is 12.1. The van der Waals surface area contributed by atoms with E-state index in [1.807, 2.05) is 32.0 Å². The van der Waals surface area contributed by atoms with Gasteiger partial charge in [0.2, 0.25) is 0 Å². The topological polar surface area (TPSA) is 72.1 Å². The number of anilines is 1. The second kappa shape index (κ2) is 9.18. The number of ether oxygens (including phenoxy) is 1. The van der Waals surface area contributed by atoms with Gasteiger partial charge in [0, 0.05) is 35.3 Å². The van der Waals surface area contributed by atoms with Crippen molar-refractivity contribution in [2.75, 3.05) is 25.1 Å². The van der Waals surface area contributed by atoms with Crippen molar-refractivity contribution in [3.05, 3.63) is 68.3 Å². The van der Waals surface area contributed by atoms with E-state index in [-0.39, 0.29) is 11.0 Å². The van der Waals surface area contributed by atoms with Gasteiger partial charge in [0.15, 0.2) is 5.82 Å². The Morgan fingerprint density at radius 3 is 2.46 bits per heavy atom. The van der Waals surface area contributed by atoms with Crippen molar-refractivity contribution < 1.29 is 4.74 Å². The summed E-state index contributed by atoms with van der Waals surface area (Å²) in [6, 6.07) is 8.20. The van der Waals surface area contributed by atoms with Crippen LogP contribution in [-0.4, -0.2) is 41.3 Å². The fourth-order valence-electron chi connectivity index (χ4n) is 6.21. The van der Waals surface area contributed by atoms with Crippen LogP contribution >= 0.6 is 0 Å². The molecule has 0 saturated carbocycles. The van der Waals surface area contributed by atoms with E-state index in [0.717, 1.165) is 48.5 Å². The lowest BCUT2D eigenvalue weighted by Gasteiger charge is -2.38. The van der Waals surface area contributed by atoms with E-state index in [9.17, 15) is 4.79 Å². The van der Waals surface area contributed by atoms with Crippen LogP contribution in [0.25, 0.3) is 11.3 Å². The smallest absolute Gasteiger partial charge is 0.278 e. The molecular weight excluding hydrogens is 486 g/mol. The van der Waals surface area contributed by atoms with Gasteiger partial charge < -0.3 is 9.64 Å². The van der Waals surface area contributed by atoms with Gasteiger partial charge in [-0.25, -0.2) is 9.98 Å². The lowest BCUT2D eigenvalue weighted by atomic mass is 9.86. The Hall–Kier alpha value is -3.74. The Morgan fingerprint density at radius 2 is 1.74 bits per heavy atom. The van der Waals surface area contributed by atoms with Crippen LogP contribution < -0.4 is 15.2 Å². The molecule has 0 spiro atoms. The maximum absolute atomic E-state index is 13.7. The number of nitrogens with zero attached hydrogens (tertiary/aromatic N) is 5. The van der Waals surface area contributed by atoms with Crippen LogP contribution in [0.15, 0.2) is 39.2 Å². The molecule has 0 radical (unpaired) electrons. The zero-order valence-electron chi connectivity index (χ0n) is 24.1. The minimum Gasteiger partial charge on any atom is -0.496 e. The van der Waals surface area contributed by atoms with E-state index < -0.39 is 0 Å². The Kier molecular flexibility index (Phi) is 6.01. The van der Waals surface area contributed by atoms with Crippen LogP contribution in [-0.2, 0) is 12.8 Å². The molecular formula is C32H37N5O2. The summed E-state index contributed by atoms with van der Waals surface area (Å²) in [5.41, 5.74) is 10.4. The molecule has 0 N–H and O–H groups in total. The molecule has 4 heterocycles. The van der Waals surface area contributed by atoms with E-state index in [4.69, 9.17) is 19.8 Å². The van der Waals surface area contributed by atoms with Gasteiger partial charge in [-0.3, -0.25) is 4.79 Å². The molecule has 7 nitrogen and oxygen atoms in total. The molecule has 0 aliphatic carbocycles. The van der Waals surface area contributed by atoms with E-state index >= 15 is 0 Å².